The van der Waals surface area contributed by atoms with E-state index in [1.54, 1.807) is 6.07 Å². The minimum Gasteiger partial charge on any atom is -0.482 e. The zero-order valence-electron chi connectivity index (χ0n) is 22.7. The standard InChI is InChI=1S/C28H40ClN5O3/c1-6-34(20-11-9-19(10-12-20)33(3)4)24-15-18(29)14-21(17(24)2)27(36)31-16-22-26(35)25-23(8-7-13-30-25)32-28(22)37-5/h14-15,19-20,30H,6-13,16H2,1-5H3,(H,31,36)(H,32,35). The van der Waals surface area contributed by atoms with Crippen LogP contribution in [0.3, 0.4) is 0 Å². The van der Waals surface area contributed by atoms with Crippen LogP contribution in [0, 0.1) is 6.92 Å². The number of aromatic amines is 1. The molecule has 9 heteroatoms. The molecule has 2 heterocycles. The molecule has 1 aliphatic carbocycles. The van der Waals surface area contributed by atoms with Crippen molar-refractivity contribution >= 4 is 28.9 Å². The lowest BCUT2D eigenvalue weighted by atomic mass is 9.89. The highest BCUT2D eigenvalue weighted by Gasteiger charge is 2.28. The van der Waals surface area contributed by atoms with Gasteiger partial charge in [-0.25, -0.2) is 0 Å². The Morgan fingerprint density at radius 1 is 1.19 bits per heavy atom. The second-order valence-electron chi connectivity index (χ2n) is 10.3. The van der Waals surface area contributed by atoms with Crippen molar-refractivity contribution < 1.29 is 9.53 Å². The molecule has 1 amide bonds. The molecule has 0 saturated heterocycles. The highest BCUT2D eigenvalue weighted by molar-refractivity contribution is 6.31. The quantitative estimate of drug-likeness (QED) is 0.471. The van der Waals surface area contributed by atoms with Gasteiger partial charge in [0.15, 0.2) is 5.88 Å². The van der Waals surface area contributed by atoms with E-state index in [1.165, 1.54) is 7.11 Å². The molecule has 1 fully saturated rings. The summed E-state index contributed by atoms with van der Waals surface area (Å²) in [5, 5.41) is 6.65. The molecule has 2 aliphatic rings. The predicted octanol–water partition coefficient (Wildman–Crippen LogP) is 4.33. The molecule has 0 bridgehead atoms. The number of nitrogens with zero attached hydrogens (tertiary/aromatic N) is 2. The molecular weight excluding hydrogens is 490 g/mol. The SMILES string of the molecule is CCN(c1cc(Cl)cc(C(=O)NCc2c(OC)[nH]c3c(c2=O)NCCC3)c1C)C1CCC(N(C)C)CC1. The van der Waals surface area contributed by atoms with Crippen molar-refractivity contribution in [3.63, 3.8) is 0 Å². The zero-order chi connectivity index (χ0) is 26.7. The van der Waals surface area contributed by atoms with Crippen LogP contribution in [0.25, 0.3) is 0 Å². The van der Waals surface area contributed by atoms with Crippen LogP contribution < -0.4 is 25.7 Å². The number of benzene rings is 1. The molecule has 3 N–H and O–H groups in total. The maximum absolute atomic E-state index is 13.4. The molecule has 202 valence electrons. The zero-order valence-corrected chi connectivity index (χ0v) is 23.4. The molecule has 37 heavy (non-hydrogen) atoms. The third kappa shape index (κ3) is 5.75. The van der Waals surface area contributed by atoms with E-state index >= 15 is 0 Å². The number of carbonyl (C=O) groups is 1. The summed E-state index contributed by atoms with van der Waals surface area (Å²) in [6, 6.07) is 4.72. The number of anilines is 2. The molecule has 1 saturated carbocycles. The lowest BCUT2D eigenvalue weighted by Crippen LogP contribution is -2.42. The third-order valence-electron chi connectivity index (χ3n) is 7.95. The summed E-state index contributed by atoms with van der Waals surface area (Å²) >= 11 is 6.54. The first-order valence-corrected chi connectivity index (χ1v) is 13.7. The maximum Gasteiger partial charge on any atom is 0.251 e. The first-order chi connectivity index (χ1) is 17.7. The number of hydrogen-bond donors (Lipinski definition) is 3. The van der Waals surface area contributed by atoms with Crippen molar-refractivity contribution in [3.8, 4) is 5.88 Å². The Balaban J connectivity index is 1.55. The van der Waals surface area contributed by atoms with Crippen LogP contribution >= 0.6 is 11.6 Å². The number of nitrogens with one attached hydrogen (secondary N) is 3. The number of halogens is 1. The van der Waals surface area contributed by atoms with Crippen molar-refractivity contribution in [3.05, 3.63) is 49.8 Å². The van der Waals surface area contributed by atoms with Crippen LogP contribution in [0.15, 0.2) is 16.9 Å². The van der Waals surface area contributed by atoms with Gasteiger partial charge in [-0.1, -0.05) is 11.6 Å². The third-order valence-corrected chi connectivity index (χ3v) is 8.17. The number of methoxy groups -OCH3 is 1. The molecule has 0 spiro atoms. The molecule has 2 aromatic rings. The summed E-state index contributed by atoms with van der Waals surface area (Å²) in [7, 11) is 5.83. The van der Waals surface area contributed by atoms with Gasteiger partial charge in [0.25, 0.3) is 5.91 Å². The Morgan fingerprint density at radius 2 is 1.89 bits per heavy atom. The van der Waals surface area contributed by atoms with Gasteiger partial charge in [0.1, 0.15) is 5.69 Å². The summed E-state index contributed by atoms with van der Waals surface area (Å²) in [6.07, 6.45) is 6.28. The number of H-pyrrole nitrogens is 1. The molecule has 0 radical (unpaired) electrons. The first-order valence-electron chi connectivity index (χ1n) is 13.3. The second kappa shape index (κ2) is 11.8. The Hall–Kier alpha value is -2.71. The van der Waals surface area contributed by atoms with Crippen molar-refractivity contribution in [1.82, 2.24) is 15.2 Å². The van der Waals surface area contributed by atoms with Crippen LogP contribution in [0.4, 0.5) is 11.4 Å². The molecule has 1 aromatic carbocycles. The number of amides is 1. The van der Waals surface area contributed by atoms with Gasteiger partial charge in [0.2, 0.25) is 5.43 Å². The topological polar surface area (TPSA) is 89.7 Å². The molecule has 0 atom stereocenters. The summed E-state index contributed by atoms with van der Waals surface area (Å²) in [5.41, 5.74) is 4.09. The molecule has 1 aliphatic heterocycles. The number of carbonyl (C=O) groups excluding carboxylic acids is 1. The van der Waals surface area contributed by atoms with Crippen LogP contribution in [-0.4, -0.2) is 62.2 Å². The Kier molecular flexibility index (Phi) is 8.70. The van der Waals surface area contributed by atoms with Gasteiger partial charge in [0.05, 0.1) is 19.2 Å². The van der Waals surface area contributed by atoms with Gasteiger partial charge in [-0.15, -0.1) is 0 Å². The second-order valence-corrected chi connectivity index (χ2v) is 10.8. The van der Waals surface area contributed by atoms with Gasteiger partial charge >= 0.3 is 0 Å². The van der Waals surface area contributed by atoms with Crippen molar-refractivity contribution in [2.45, 2.75) is 71.0 Å². The van der Waals surface area contributed by atoms with Gasteiger partial charge in [-0.3, -0.25) is 9.59 Å². The lowest BCUT2D eigenvalue weighted by molar-refractivity contribution is 0.0950. The first kappa shape index (κ1) is 27.3. The van der Waals surface area contributed by atoms with E-state index in [0.717, 1.165) is 68.6 Å². The Morgan fingerprint density at radius 3 is 2.54 bits per heavy atom. The fourth-order valence-corrected chi connectivity index (χ4v) is 6.04. The van der Waals surface area contributed by atoms with E-state index in [0.29, 0.717) is 39.8 Å². The predicted molar refractivity (Wildman–Crippen MR) is 151 cm³/mol. The number of aryl methyl sites for hydroxylation is 1. The van der Waals surface area contributed by atoms with Gasteiger partial charge in [-0.2, -0.15) is 0 Å². The number of ether oxygens (including phenoxy) is 1. The fraction of sp³-hybridized carbons (Fsp3) is 0.571. The van der Waals surface area contributed by atoms with Gasteiger partial charge < -0.3 is 30.2 Å². The van der Waals surface area contributed by atoms with Gasteiger partial charge in [0, 0.05) is 47.1 Å². The monoisotopic (exact) mass is 529 g/mol. The van der Waals surface area contributed by atoms with Crippen LogP contribution in [0.2, 0.25) is 5.02 Å². The van der Waals surface area contributed by atoms with Crippen LogP contribution in [0.5, 0.6) is 5.88 Å². The van der Waals surface area contributed by atoms with E-state index in [-0.39, 0.29) is 17.9 Å². The molecular formula is C28H40ClN5O3. The molecule has 0 unspecified atom stereocenters. The highest BCUT2D eigenvalue weighted by atomic mass is 35.5. The number of pyridine rings is 1. The average molecular weight is 530 g/mol. The van der Waals surface area contributed by atoms with E-state index in [2.05, 4.69) is 46.4 Å². The minimum absolute atomic E-state index is 0.0552. The van der Waals surface area contributed by atoms with Crippen molar-refractivity contribution in [2.24, 2.45) is 0 Å². The molecule has 4 rings (SSSR count). The number of aromatic nitrogens is 1. The Bertz CT molecular complexity index is 1190. The summed E-state index contributed by atoms with van der Waals surface area (Å²) in [4.78, 5) is 34.5. The summed E-state index contributed by atoms with van der Waals surface area (Å²) in [6.45, 7) is 5.78. The minimum atomic E-state index is -0.263. The Labute approximate surface area is 224 Å². The number of hydrogen-bond acceptors (Lipinski definition) is 6. The smallest absolute Gasteiger partial charge is 0.251 e. The molecule has 1 aromatic heterocycles. The lowest BCUT2D eigenvalue weighted by Gasteiger charge is -2.40. The van der Waals surface area contributed by atoms with Crippen molar-refractivity contribution in [1.29, 1.82) is 0 Å². The number of rotatable bonds is 8. The van der Waals surface area contributed by atoms with E-state index in [9.17, 15) is 9.59 Å². The highest BCUT2D eigenvalue weighted by Crippen LogP contribution is 2.34. The normalized spacial score (nSPS) is 19.2. The molecule has 8 nitrogen and oxygen atoms in total. The average Bonchev–Trinajstić information content (AvgIpc) is 2.90. The van der Waals surface area contributed by atoms with Gasteiger partial charge in [-0.05, 0) is 84.2 Å². The summed E-state index contributed by atoms with van der Waals surface area (Å²) in [5.74, 6) is 0.127. The fourth-order valence-electron chi connectivity index (χ4n) is 5.83. The van der Waals surface area contributed by atoms with Crippen molar-refractivity contribution in [2.75, 3.05) is 44.5 Å². The summed E-state index contributed by atoms with van der Waals surface area (Å²) < 4.78 is 5.46. The van der Waals surface area contributed by atoms with E-state index in [1.807, 2.05) is 13.0 Å². The van der Waals surface area contributed by atoms with Crippen LogP contribution in [-0.2, 0) is 13.0 Å². The van der Waals surface area contributed by atoms with E-state index in [4.69, 9.17) is 16.3 Å². The maximum atomic E-state index is 13.4. The van der Waals surface area contributed by atoms with E-state index < -0.39 is 0 Å². The number of fused-ring (bicyclic) bond motifs is 1. The largest absolute Gasteiger partial charge is 0.482 e. The van der Waals surface area contributed by atoms with Crippen LogP contribution in [0.1, 0.15) is 66.2 Å².